The number of imide groups is 1. The average Bonchev–Trinajstić information content (AvgIpc) is 2.72. The van der Waals surface area contributed by atoms with E-state index in [1.807, 2.05) is 0 Å². The first-order chi connectivity index (χ1) is 8.97. The van der Waals surface area contributed by atoms with Crippen molar-refractivity contribution in [1.82, 2.24) is 10.6 Å². The molecular weight excluding hydrogens is 248 g/mol. The minimum Gasteiger partial charge on any atom is -0.481 e. The van der Waals surface area contributed by atoms with Crippen LogP contribution in [0.4, 0.5) is 4.79 Å². The zero-order valence-electron chi connectivity index (χ0n) is 11.3. The Hall–Kier alpha value is -1.59. The van der Waals surface area contributed by atoms with E-state index >= 15 is 0 Å². The molecule has 0 radical (unpaired) electrons. The number of carboxylic acids is 1. The van der Waals surface area contributed by atoms with E-state index in [9.17, 15) is 14.4 Å². The third-order valence-corrected chi connectivity index (χ3v) is 3.40. The molecule has 1 fully saturated rings. The van der Waals surface area contributed by atoms with Crippen LogP contribution in [0.1, 0.15) is 45.4 Å². The van der Waals surface area contributed by atoms with Crippen molar-refractivity contribution in [2.75, 3.05) is 6.54 Å². The number of urea groups is 1. The van der Waals surface area contributed by atoms with E-state index in [1.165, 1.54) is 6.42 Å². The average molecular weight is 270 g/mol. The highest BCUT2D eigenvalue weighted by molar-refractivity contribution is 5.94. The van der Waals surface area contributed by atoms with Gasteiger partial charge in [0.25, 0.3) is 0 Å². The maximum Gasteiger partial charge on any atom is 0.321 e. The summed E-state index contributed by atoms with van der Waals surface area (Å²) in [5, 5.41) is 13.3. The smallest absolute Gasteiger partial charge is 0.321 e. The van der Waals surface area contributed by atoms with Crippen LogP contribution in [-0.4, -0.2) is 29.6 Å². The van der Waals surface area contributed by atoms with Crippen LogP contribution in [0.3, 0.4) is 0 Å². The third kappa shape index (κ3) is 6.79. The molecule has 2 atom stereocenters. The van der Waals surface area contributed by atoms with Crippen LogP contribution in [0, 0.1) is 11.8 Å². The van der Waals surface area contributed by atoms with E-state index in [0.29, 0.717) is 18.4 Å². The molecule has 0 aromatic heterocycles. The molecule has 0 spiro atoms. The SMILES string of the molecule is CC1CCC(CNC(=O)NC(=O)CCCC(=O)O)C1. The van der Waals surface area contributed by atoms with Gasteiger partial charge in [0.1, 0.15) is 0 Å². The van der Waals surface area contributed by atoms with Crippen LogP contribution in [-0.2, 0) is 9.59 Å². The van der Waals surface area contributed by atoms with Crippen molar-refractivity contribution < 1.29 is 19.5 Å². The van der Waals surface area contributed by atoms with Gasteiger partial charge in [-0.05, 0) is 31.1 Å². The molecule has 2 unspecified atom stereocenters. The lowest BCUT2D eigenvalue weighted by molar-refractivity contribution is -0.137. The van der Waals surface area contributed by atoms with E-state index in [4.69, 9.17) is 5.11 Å². The lowest BCUT2D eigenvalue weighted by Gasteiger charge is -2.11. The number of nitrogens with one attached hydrogen (secondary N) is 2. The Morgan fingerprint density at radius 1 is 1.21 bits per heavy atom. The number of hydrogen-bond acceptors (Lipinski definition) is 3. The molecule has 0 aliphatic heterocycles. The Bertz CT molecular complexity index is 344. The van der Waals surface area contributed by atoms with E-state index in [1.54, 1.807) is 0 Å². The Labute approximate surface area is 112 Å². The lowest BCUT2D eigenvalue weighted by atomic mass is 10.1. The zero-order chi connectivity index (χ0) is 14.3. The van der Waals surface area contributed by atoms with Gasteiger partial charge in [0.15, 0.2) is 0 Å². The molecule has 3 N–H and O–H groups in total. The molecule has 0 aromatic rings. The summed E-state index contributed by atoms with van der Waals surface area (Å²) in [5.74, 6) is -0.151. The topological polar surface area (TPSA) is 95.5 Å². The highest BCUT2D eigenvalue weighted by Gasteiger charge is 2.21. The first-order valence-corrected chi connectivity index (χ1v) is 6.77. The normalized spacial score (nSPS) is 21.9. The lowest BCUT2D eigenvalue weighted by Crippen LogP contribution is -2.41. The van der Waals surface area contributed by atoms with Crippen molar-refractivity contribution in [1.29, 1.82) is 0 Å². The maximum absolute atomic E-state index is 11.4. The largest absolute Gasteiger partial charge is 0.481 e. The third-order valence-electron chi connectivity index (χ3n) is 3.40. The van der Waals surface area contributed by atoms with Gasteiger partial charge in [-0.2, -0.15) is 0 Å². The summed E-state index contributed by atoms with van der Waals surface area (Å²) in [6, 6.07) is -0.486. The summed E-state index contributed by atoms with van der Waals surface area (Å²) in [6.07, 6.45) is 3.67. The zero-order valence-corrected chi connectivity index (χ0v) is 11.3. The fourth-order valence-electron chi connectivity index (χ4n) is 2.38. The van der Waals surface area contributed by atoms with Gasteiger partial charge in [-0.15, -0.1) is 0 Å². The van der Waals surface area contributed by atoms with Crippen LogP contribution in [0.15, 0.2) is 0 Å². The maximum atomic E-state index is 11.4. The number of carbonyl (C=O) groups is 3. The van der Waals surface area contributed by atoms with Crippen molar-refractivity contribution in [3.63, 3.8) is 0 Å². The molecule has 0 saturated heterocycles. The predicted octanol–water partition coefficient (Wildman–Crippen LogP) is 1.50. The van der Waals surface area contributed by atoms with Gasteiger partial charge in [0.2, 0.25) is 5.91 Å². The molecule has 1 aliphatic carbocycles. The highest BCUT2D eigenvalue weighted by Crippen LogP contribution is 2.29. The predicted molar refractivity (Wildman–Crippen MR) is 69.5 cm³/mol. The second-order valence-electron chi connectivity index (χ2n) is 5.29. The molecule has 6 heteroatoms. The number of carbonyl (C=O) groups excluding carboxylic acids is 2. The second kappa shape index (κ2) is 7.76. The summed E-state index contributed by atoms with van der Waals surface area (Å²) >= 11 is 0. The summed E-state index contributed by atoms with van der Waals surface area (Å²) < 4.78 is 0. The summed E-state index contributed by atoms with van der Waals surface area (Å²) in [7, 11) is 0. The van der Waals surface area contributed by atoms with Gasteiger partial charge in [-0.1, -0.05) is 13.3 Å². The van der Waals surface area contributed by atoms with Crippen LogP contribution >= 0.6 is 0 Å². The van der Waals surface area contributed by atoms with E-state index in [0.717, 1.165) is 12.8 Å². The Morgan fingerprint density at radius 2 is 1.95 bits per heavy atom. The van der Waals surface area contributed by atoms with Crippen LogP contribution in [0.5, 0.6) is 0 Å². The number of aliphatic carboxylic acids is 1. The van der Waals surface area contributed by atoms with Gasteiger partial charge in [-0.25, -0.2) is 4.79 Å². The molecule has 0 aromatic carbocycles. The first kappa shape index (κ1) is 15.5. The highest BCUT2D eigenvalue weighted by atomic mass is 16.4. The standard InChI is InChI=1S/C13H22N2O4/c1-9-5-6-10(7-9)8-14-13(19)15-11(16)3-2-4-12(17)18/h9-10H,2-8H2,1H3,(H,17,18)(H2,14,15,16,19). The minimum atomic E-state index is -0.937. The minimum absolute atomic E-state index is 0.0557. The monoisotopic (exact) mass is 270 g/mol. The number of hydrogen-bond donors (Lipinski definition) is 3. The molecular formula is C13H22N2O4. The molecule has 3 amide bonds. The van der Waals surface area contributed by atoms with E-state index in [-0.39, 0.29) is 19.3 Å². The molecule has 0 heterocycles. The van der Waals surface area contributed by atoms with Gasteiger partial charge >= 0.3 is 12.0 Å². The van der Waals surface area contributed by atoms with Crippen molar-refractivity contribution in [3.8, 4) is 0 Å². The summed E-state index contributed by atoms with van der Waals surface area (Å²) in [5.41, 5.74) is 0. The fourth-order valence-corrected chi connectivity index (χ4v) is 2.38. The first-order valence-electron chi connectivity index (χ1n) is 6.77. The molecule has 108 valence electrons. The van der Waals surface area contributed by atoms with Gasteiger partial charge in [0.05, 0.1) is 0 Å². The van der Waals surface area contributed by atoms with Gasteiger partial charge in [0, 0.05) is 19.4 Å². The molecule has 1 aliphatic rings. The molecule has 1 rings (SSSR count). The van der Waals surface area contributed by atoms with Crippen LogP contribution < -0.4 is 10.6 Å². The molecule has 6 nitrogen and oxygen atoms in total. The summed E-state index contributed by atoms with van der Waals surface area (Å²) in [6.45, 7) is 2.80. The number of carboxylic acid groups (broad SMARTS) is 1. The van der Waals surface area contributed by atoms with Crippen molar-refractivity contribution in [3.05, 3.63) is 0 Å². The van der Waals surface area contributed by atoms with Crippen molar-refractivity contribution in [2.45, 2.75) is 45.4 Å². The fraction of sp³-hybridized carbons (Fsp3) is 0.769. The summed E-state index contributed by atoms with van der Waals surface area (Å²) in [4.78, 5) is 33.0. The van der Waals surface area contributed by atoms with Gasteiger partial charge in [-0.3, -0.25) is 14.9 Å². The van der Waals surface area contributed by atoms with Crippen molar-refractivity contribution >= 4 is 17.9 Å². The Morgan fingerprint density at radius 3 is 2.53 bits per heavy atom. The van der Waals surface area contributed by atoms with Crippen molar-refractivity contribution in [2.24, 2.45) is 11.8 Å². The quantitative estimate of drug-likeness (QED) is 0.681. The number of amides is 3. The number of rotatable bonds is 6. The molecule has 19 heavy (non-hydrogen) atoms. The molecule has 1 saturated carbocycles. The van der Waals surface area contributed by atoms with E-state index < -0.39 is 17.9 Å². The van der Waals surface area contributed by atoms with Crippen LogP contribution in [0.25, 0.3) is 0 Å². The molecule has 0 bridgehead atoms. The Balaban J connectivity index is 2.09. The van der Waals surface area contributed by atoms with Gasteiger partial charge < -0.3 is 10.4 Å². The second-order valence-corrected chi connectivity index (χ2v) is 5.29. The van der Waals surface area contributed by atoms with Crippen LogP contribution in [0.2, 0.25) is 0 Å². The van der Waals surface area contributed by atoms with E-state index in [2.05, 4.69) is 17.6 Å². The Kier molecular flexibility index (Phi) is 6.32.